The number of aryl methyl sites for hydroxylation is 1. The van der Waals surface area contributed by atoms with E-state index >= 15 is 0 Å². The van der Waals surface area contributed by atoms with Gasteiger partial charge in [-0.1, -0.05) is 58.7 Å². The monoisotopic (exact) mass is 440 g/mol. The van der Waals surface area contributed by atoms with E-state index in [1.807, 2.05) is 29.7 Å². The number of nitrogens with one attached hydrogen (secondary N) is 1. The van der Waals surface area contributed by atoms with Crippen LogP contribution in [0.15, 0.2) is 47.9 Å². The Labute approximate surface area is 176 Å². The first kappa shape index (κ1) is 20.0. The molecule has 0 saturated carbocycles. The third kappa shape index (κ3) is 4.96. The fourth-order valence-corrected chi connectivity index (χ4v) is 3.82. The number of hydrogen-bond acceptors (Lipinski definition) is 4. The Morgan fingerprint density at radius 1 is 1.15 bits per heavy atom. The standard InChI is InChI=1S/C18H15Cl3N4OS/c1-11-5-6-12(9-15(11)21)25-10-22-24-18(25)27-8-7-16(26)23-17-13(19)3-2-4-14(17)20/h2-6,9-10H,7-8H2,1H3,(H,23,26). The van der Waals surface area contributed by atoms with E-state index in [-0.39, 0.29) is 12.3 Å². The zero-order valence-corrected chi connectivity index (χ0v) is 17.3. The van der Waals surface area contributed by atoms with Crippen LogP contribution >= 0.6 is 46.6 Å². The smallest absolute Gasteiger partial charge is 0.225 e. The van der Waals surface area contributed by atoms with Crippen molar-refractivity contribution in [3.05, 3.63) is 63.4 Å². The summed E-state index contributed by atoms with van der Waals surface area (Å²) in [6.07, 6.45) is 1.89. The van der Waals surface area contributed by atoms with Gasteiger partial charge >= 0.3 is 0 Å². The first-order chi connectivity index (χ1) is 13.0. The van der Waals surface area contributed by atoms with E-state index in [0.29, 0.717) is 31.7 Å². The van der Waals surface area contributed by atoms with Crippen LogP contribution in [-0.2, 0) is 4.79 Å². The number of benzene rings is 2. The molecule has 0 atom stereocenters. The molecule has 1 amide bonds. The predicted molar refractivity (Wildman–Crippen MR) is 112 cm³/mol. The Morgan fingerprint density at radius 3 is 2.59 bits per heavy atom. The molecule has 0 fully saturated rings. The molecule has 0 bridgehead atoms. The van der Waals surface area contributed by atoms with E-state index in [9.17, 15) is 4.79 Å². The van der Waals surface area contributed by atoms with Gasteiger partial charge in [0.05, 0.1) is 21.4 Å². The van der Waals surface area contributed by atoms with Crippen molar-refractivity contribution in [2.24, 2.45) is 0 Å². The minimum Gasteiger partial charge on any atom is -0.324 e. The van der Waals surface area contributed by atoms with Crippen molar-refractivity contribution in [3.63, 3.8) is 0 Å². The summed E-state index contributed by atoms with van der Waals surface area (Å²) in [7, 11) is 0. The first-order valence-corrected chi connectivity index (χ1v) is 10.1. The molecule has 0 unspecified atom stereocenters. The highest BCUT2D eigenvalue weighted by Crippen LogP contribution is 2.30. The number of para-hydroxylation sites is 1. The maximum absolute atomic E-state index is 12.2. The average Bonchev–Trinajstić information content (AvgIpc) is 3.09. The molecule has 27 heavy (non-hydrogen) atoms. The van der Waals surface area contributed by atoms with E-state index in [1.165, 1.54) is 11.8 Å². The number of aromatic nitrogens is 3. The highest BCUT2D eigenvalue weighted by Gasteiger charge is 2.12. The molecule has 0 aliphatic rings. The lowest BCUT2D eigenvalue weighted by Gasteiger charge is -2.09. The quantitative estimate of drug-likeness (QED) is 0.502. The Balaban J connectivity index is 1.61. The van der Waals surface area contributed by atoms with Crippen molar-refractivity contribution in [1.29, 1.82) is 0 Å². The average molecular weight is 442 g/mol. The third-order valence-electron chi connectivity index (χ3n) is 3.74. The molecule has 1 aromatic heterocycles. The van der Waals surface area contributed by atoms with E-state index < -0.39 is 0 Å². The molecular formula is C18H15Cl3N4OS. The van der Waals surface area contributed by atoms with E-state index in [4.69, 9.17) is 34.8 Å². The van der Waals surface area contributed by atoms with Crippen LogP contribution in [0.1, 0.15) is 12.0 Å². The lowest BCUT2D eigenvalue weighted by atomic mass is 10.2. The van der Waals surface area contributed by atoms with Crippen molar-refractivity contribution in [2.75, 3.05) is 11.1 Å². The highest BCUT2D eigenvalue weighted by molar-refractivity contribution is 7.99. The van der Waals surface area contributed by atoms with Gasteiger partial charge in [-0.15, -0.1) is 10.2 Å². The number of halogens is 3. The molecule has 0 aliphatic carbocycles. The van der Waals surface area contributed by atoms with Crippen molar-refractivity contribution in [1.82, 2.24) is 14.8 Å². The van der Waals surface area contributed by atoms with Crippen LogP contribution < -0.4 is 5.32 Å². The topological polar surface area (TPSA) is 59.8 Å². The summed E-state index contributed by atoms with van der Waals surface area (Å²) in [6.45, 7) is 1.94. The first-order valence-electron chi connectivity index (χ1n) is 7.99. The molecule has 0 radical (unpaired) electrons. The molecule has 1 heterocycles. The number of rotatable bonds is 6. The summed E-state index contributed by atoms with van der Waals surface area (Å²) in [5.41, 5.74) is 2.29. The number of carbonyl (C=O) groups is 1. The second kappa shape index (κ2) is 8.97. The molecule has 3 aromatic rings. The minimum absolute atomic E-state index is 0.179. The van der Waals surface area contributed by atoms with E-state index in [1.54, 1.807) is 24.5 Å². The van der Waals surface area contributed by atoms with Gasteiger partial charge in [0.15, 0.2) is 5.16 Å². The van der Waals surface area contributed by atoms with Gasteiger partial charge in [-0.25, -0.2) is 0 Å². The number of amides is 1. The lowest BCUT2D eigenvalue weighted by molar-refractivity contribution is -0.115. The van der Waals surface area contributed by atoms with Crippen LogP contribution in [0.4, 0.5) is 5.69 Å². The fraction of sp³-hybridized carbons (Fsp3) is 0.167. The molecule has 5 nitrogen and oxygen atoms in total. The van der Waals surface area contributed by atoms with Gasteiger partial charge in [-0.2, -0.15) is 0 Å². The zero-order valence-electron chi connectivity index (χ0n) is 14.2. The SMILES string of the molecule is Cc1ccc(-n2cnnc2SCCC(=O)Nc2c(Cl)cccc2Cl)cc1Cl. The van der Waals surface area contributed by atoms with Crippen LogP contribution in [0.3, 0.4) is 0 Å². The van der Waals surface area contributed by atoms with Gasteiger partial charge in [-0.3, -0.25) is 9.36 Å². The zero-order chi connectivity index (χ0) is 19.4. The fourth-order valence-electron chi connectivity index (χ4n) is 2.29. The molecule has 2 aromatic carbocycles. The number of anilines is 1. The molecule has 3 rings (SSSR count). The van der Waals surface area contributed by atoms with Crippen LogP contribution in [0.2, 0.25) is 15.1 Å². The van der Waals surface area contributed by atoms with Gasteiger partial charge in [0.1, 0.15) is 6.33 Å². The van der Waals surface area contributed by atoms with Crippen molar-refractivity contribution < 1.29 is 4.79 Å². The second-order valence-electron chi connectivity index (χ2n) is 5.66. The maximum atomic E-state index is 12.2. The third-order valence-corrected chi connectivity index (χ3v) is 5.72. The number of carbonyl (C=O) groups excluding carboxylic acids is 1. The van der Waals surface area contributed by atoms with Crippen LogP contribution in [-0.4, -0.2) is 26.4 Å². The highest BCUT2D eigenvalue weighted by atomic mass is 35.5. The molecular weight excluding hydrogens is 427 g/mol. The summed E-state index contributed by atoms with van der Waals surface area (Å²) in [6, 6.07) is 10.8. The van der Waals surface area contributed by atoms with Crippen molar-refractivity contribution in [2.45, 2.75) is 18.5 Å². The number of thioether (sulfide) groups is 1. The summed E-state index contributed by atoms with van der Waals surface area (Å²) in [5.74, 6) is 0.341. The lowest BCUT2D eigenvalue weighted by Crippen LogP contribution is -2.13. The molecule has 0 spiro atoms. The van der Waals surface area contributed by atoms with Crippen LogP contribution in [0.5, 0.6) is 0 Å². The van der Waals surface area contributed by atoms with Crippen molar-refractivity contribution in [3.8, 4) is 5.69 Å². The normalized spacial score (nSPS) is 10.8. The van der Waals surface area contributed by atoms with Gasteiger partial charge in [0.25, 0.3) is 0 Å². The summed E-state index contributed by atoms with van der Waals surface area (Å²) in [5, 5.41) is 13.0. The number of hydrogen-bond donors (Lipinski definition) is 1. The maximum Gasteiger partial charge on any atom is 0.225 e. The summed E-state index contributed by atoms with van der Waals surface area (Å²) >= 11 is 19.8. The van der Waals surface area contributed by atoms with Crippen molar-refractivity contribution >= 4 is 58.2 Å². The Kier molecular flexibility index (Phi) is 6.65. The van der Waals surface area contributed by atoms with Crippen LogP contribution in [0.25, 0.3) is 5.69 Å². The second-order valence-corrected chi connectivity index (χ2v) is 7.94. The Hall–Kier alpha value is -1.73. The van der Waals surface area contributed by atoms with Gasteiger partial charge in [0.2, 0.25) is 5.91 Å². The molecule has 1 N–H and O–H groups in total. The predicted octanol–water partition coefficient (Wildman–Crippen LogP) is 5.66. The number of nitrogens with zero attached hydrogens (tertiary/aromatic N) is 3. The van der Waals surface area contributed by atoms with Gasteiger partial charge < -0.3 is 5.32 Å². The Morgan fingerprint density at radius 2 is 1.89 bits per heavy atom. The van der Waals surface area contributed by atoms with E-state index in [0.717, 1.165) is 11.3 Å². The summed E-state index contributed by atoms with van der Waals surface area (Å²) < 4.78 is 1.83. The van der Waals surface area contributed by atoms with Gasteiger partial charge in [-0.05, 0) is 36.8 Å². The van der Waals surface area contributed by atoms with Gasteiger partial charge in [0, 0.05) is 17.2 Å². The molecule has 0 saturated heterocycles. The Bertz CT molecular complexity index is 957. The molecule has 0 aliphatic heterocycles. The largest absolute Gasteiger partial charge is 0.324 e. The summed E-state index contributed by atoms with van der Waals surface area (Å²) in [4.78, 5) is 12.2. The minimum atomic E-state index is -0.179. The van der Waals surface area contributed by atoms with Crippen LogP contribution in [0, 0.1) is 6.92 Å². The molecule has 9 heteroatoms. The molecule has 140 valence electrons. The van der Waals surface area contributed by atoms with E-state index in [2.05, 4.69) is 15.5 Å².